The molecule has 0 heterocycles. The highest BCUT2D eigenvalue weighted by Gasteiger charge is 2.03. The first-order chi connectivity index (χ1) is 3.62. The zero-order valence-corrected chi connectivity index (χ0v) is 5.90. The number of hydrogen-bond acceptors (Lipinski definition) is 2. The van der Waals surface area contributed by atoms with Crippen LogP contribution in [0, 0.1) is 0 Å². The molecule has 0 saturated carbocycles. The molecule has 0 unspecified atom stereocenters. The molecule has 49 valence electrons. The molecule has 0 amide bonds. The van der Waals surface area contributed by atoms with Gasteiger partial charge in [-0.1, -0.05) is 0 Å². The Morgan fingerprint density at radius 2 is 1.88 bits per heavy atom. The van der Waals surface area contributed by atoms with Crippen molar-refractivity contribution in [3.63, 3.8) is 0 Å². The van der Waals surface area contributed by atoms with Crippen molar-refractivity contribution in [1.82, 2.24) is 4.72 Å². The molecule has 8 heavy (non-hydrogen) atoms. The molecule has 4 heteroatoms. The summed E-state index contributed by atoms with van der Waals surface area (Å²) >= 11 is 0. The van der Waals surface area contributed by atoms with Crippen LogP contribution in [0.5, 0.6) is 0 Å². The van der Waals surface area contributed by atoms with Gasteiger partial charge in [-0.25, -0.2) is 8.42 Å². The maximum atomic E-state index is 10.4. The lowest BCUT2D eigenvalue weighted by Crippen LogP contribution is -2.17. The summed E-state index contributed by atoms with van der Waals surface area (Å²) < 4.78 is 24.2. The minimum Gasteiger partial charge on any atom is -0.211 e. The van der Waals surface area contributed by atoms with Crippen molar-refractivity contribution in [1.29, 1.82) is 0 Å². The highest BCUT2D eigenvalue weighted by molar-refractivity contribution is 7.89. The molecule has 0 aromatic carbocycles. The highest BCUT2D eigenvalue weighted by atomic mass is 32.2. The summed E-state index contributed by atoms with van der Waals surface area (Å²) in [6.07, 6.45) is 0. The number of sulfonamides is 1. The largest absolute Gasteiger partial charge is 0.227 e. The van der Waals surface area contributed by atoms with Gasteiger partial charge in [0.1, 0.15) is 0 Å². The van der Waals surface area contributed by atoms with E-state index in [0.29, 0.717) is 6.54 Å². The van der Waals surface area contributed by atoms with Crippen LogP contribution in [0.4, 0.5) is 0 Å². The Kier molecular flexibility index (Phi) is 3.01. The van der Waals surface area contributed by atoms with E-state index in [1.165, 1.54) is 0 Å². The van der Waals surface area contributed by atoms with Crippen LogP contribution in [0.1, 0.15) is 13.8 Å². The number of hydrogen-bond donors (Lipinski definition) is 0. The molecule has 0 fully saturated rings. The maximum Gasteiger partial charge on any atom is 0.227 e. The van der Waals surface area contributed by atoms with Gasteiger partial charge in [-0.15, -0.1) is 4.72 Å². The summed E-state index contributed by atoms with van der Waals surface area (Å²) in [6.45, 7) is 3.64. The van der Waals surface area contributed by atoms with Crippen LogP contribution in [0.25, 0.3) is 0 Å². The average molecular weight is 136 g/mol. The molecule has 0 rings (SSSR count). The Balaban J connectivity index is 3.76. The lowest BCUT2D eigenvalue weighted by atomic mass is 10.8. The lowest BCUT2D eigenvalue weighted by Gasteiger charge is -1.93. The quantitative estimate of drug-likeness (QED) is 0.546. The molecule has 0 atom stereocenters. The van der Waals surface area contributed by atoms with Crippen molar-refractivity contribution in [2.45, 2.75) is 13.8 Å². The number of rotatable bonds is 3. The molecule has 1 radical (unpaired) electrons. The second-order valence-corrected chi connectivity index (χ2v) is 3.32. The van der Waals surface area contributed by atoms with Crippen LogP contribution in [-0.2, 0) is 10.0 Å². The first kappa shape index (κ1) is 7.91. The van der Waals surface area contributed by atoms with Gasteiger partial charge in [-0.05, 0) is 13.8 Å². The van der Waals surface area contributed by atoms with Gasteiger partial charge in [0, 0.05) is 6.54 Å². The fourth-order valence-electron chi connectivity index (χ4n) is 0.288. The van der Waals surface area contributed by atoms with Crippen LogP contribution in [0.15, 0.2) is 0 Å². The maximum absolute atomic E-state index is 10.4. The second-order valence-electron chi connectivity index (χ2n) is 1.32. The van der Waals surface area contributed by atoms with E-state index in [-0.39, 0.29) is 5.75 Å². The van der Waals surface area contributed by atoms with Crippen molar-refractivity contribution in [3.05, 3.63) is 0 Å². The van der Waals surface area contributed by atoms with Crippen LogP contribution >= 0.6 is 0 Å². The minimum atomic E-state index is -3.04. The minimum absolute atomic E-state index is 0.112. The molecule has 0 aromatic rings. The summed E-state index contributed by atoms with van der Waals surface area (Å²) in [6, 6.07) is 0. The third-order valence-corrected chi connectivity index (χ3v) is 2.07. The lowest BCUT2D eigenvalue weighted by molar-refractivity contribution is 0.584. The van der Waals surface area contributed by atoms with Crippen molar-refractivity contribution >= 4 is 10.0 Å². The third kappa shape index (κ3) is 2.98. The summed E-state index contributed by atoms with van der Waals surface area (Å²) in [5, 5.41) is 0. The summed E-state index contributed by atoms with van der Waals surface area (Å²) in [5.41, 5.74) is 0. The van der Waals surface area contributed by atoms with E-state index < -0.39 is 10.0 Å². The normalized spacial score (nSPS) is 11.8. The van der Waals surface area contributed by atoms with Gasteiger partial charge in [0.2, 0.25) is 10.0 Å². The van der Waals surface area contributed by atoms with Crippen molar-refractivity contribution < 1.29 is 8.42 Å². The molecule has 0 aliphatic heterocycles. The number of nitrogens with zero attached hydrogens (tertiary/aromatic N) is 1. The van der Waals surface area contributed by atoms with Crippen molar-refractivity contribution in [3.8, 4) is 0 Å². The molecule has 0 aliphatic rings. The molecule has 0 bridgehead atoms. The first-order valence-electron chi connectivity index (χ1n) is 2.54. The van der Waals surface area contributed by atoms with Gasteiger partial charge in [0.25, 0.3) is 0 Å². The third-order valence-electron chi connectivity index (χ3n) is 0.691. The second kappa shape index (κ2) is 3.04. The van der Waals surface area contributed by atoms with Gasteiger partial charge in [0.05, 0.1) is 5.75 Å². The Hall–Kier alpha value is -0.0900. The Morgan fingerprint density at radius 1 is 1.38 bits per heavy atom. The summed E-state index contributed by atoms with van der Waals surface area (Å²) in [4.78, 5) is 0. The van der Waals surface area contributed by atoms with Gasteiger partial charge in [0.15, 0.2) is 0 Å². The van der Waals surface area contributed by atoms with E-state index in [1.807, 2.05) is 0 Å². The molecule has 0 spiro atoms. The molecule has 0 aliphatic carbocycles. The van der Waals surface area contributed by atoms with Crippen LogP contribution in [-0.4, -0.2) is 20.7 Å². The fourth-order valence-corrected chi connectivity index (χ4v) is 0.864. The van der Waals surface area contributed by atoms with E-state index in [0.717, 1.165) is 0 Å². The van der Waals surface area contributed by atoms with Crippen LogP contribution in [0.3, 0.4) is 0 Å². The van der Waals surface area contributed by atoms with Gasteiger partial charge in [-0.3, -0.25) is 0 Å². The Morgan fingerprint density at radius 3 is 2.00 bits per heavy atom. The zero-order valence-electron chi connectivity index (χ0n) is 5.09. The molecular formula is C4H10NO2S. The van der Waals surface area contributed by atoms with E-state index in [4.69, 9.17) is 0 Å². The first-order valence-corrected chi connectivity index (χ1v) is 4.14. The van der Waals surface area contributed by atoms with E-state index in [1.54, 1.807) is 13.8 Å². The zero-order chi connectivity index (χ0) is 6.62. The van der Waals surface area contributed by atoms with Gasteiger partial charge >= 0.3 is 0 Å². The Labute approximate surface area is 50.1 Å². The summed E-state index contributed by atoms with van der Waals surface area (Å²) in [5.74, 6) is 0.112. The SMILES string of the molecule is CC[N]S(=O)(=O)CC. The Bertz CT molecular complexity index is 138. The standard InChI is InChI=1S/C4H10NO2S/c1-3-5-8(6,7)4-2/h3-4H2,1-2H3. The molecule has 0 N–H and O–H groups in total. The average Bonchev–Trinajstić information content (AvgIpc) is 1.67. The van der Waals surface area contributed by atoms with Gasteiger partial charge < -0.3 is 0 Å². The van der Waals surface area contributed by atoms with Gasteiger partial charge in [-0.2, -0.15) is 0 Å². The van der Waals surface area contributed by atoms with E-state index >= 15 is 0 Å². The molecule has 3 nitrogen and oxygen atoms in total. The monoisotopic (exact) mass is 136 g/mol. The molecule has 0 saturated heterocycles. The highest BCUT2D eigenvalue weighted by Crippen LogP contribution is 1.81. The predicted molar refractivity (Wildman–Crippen MR) is 32.1 cm³/mol. The topological polar surface area (TPSA) is 48.2 Å². The molecule has 0 aromatic heterocycles. The molecular weight excluding hydrogens is 126 g/mol. The summed E-state index contributed by atoms with van der Waals surface area (Å²) in [7, 11) is -3.04. The van der Waals surface area contributed by atoms with Crippen LogP contribution < -0.4 is 4.72 Å². The predicted octanol–water partition coefficient (Wildman–Crippen LogP) is -0.0396. The van der Waals surface area contributed by atoms with Crippen molar-refractivity contribution in [2.24, 2.45) is 0 Å². The van der Waals surface area contributed by atoms with Crippen LogP contribution in [0.2, 0.25) is 0 Å². The van der Waals surface area contributed by atoms with E-state index in [2.05, 4.69) is 4.72 Å². The van der Waals surface area contributed by atoms with E-state index in [9.17, 15) is 8.42 Å². The fraction of sp³-hybridized carbons (Fsp3) is 1.00. The van der Waals surface area contributed by atoms with Crippen molar-refractivity contribution in [2.75, 3.05) is 12.3 Å². The smallest absolute Gasteiger partial charge is 0.211 e.